The Balaban J connectivity index is 1.51. The Morgan fingerprint density at radius 3 is 2.80 bits per heavy atom. The Morgan fingerprint density at radius 2 is 2.04 bits per heavy atom. The SMILES string of the molecule is Cc1cccc(-c2cn[nH]c2C2CCN(c3ccnc(N)n3)CC2)c1. The molecule has 6 nitrogen and oxygen atoms in total. The van der Waals surface area contributed by atoms with Crippen molar-refractivity contribution >= 4 is 11.8 Å². The first-order chi connectivity index (χ1) is 12.2. The van der Waals surface area contributed by atoms with Crippen molar-refractivity contribution in [3.63, 3.8) is 0 Å². The van der Waals surface area contributed by atoms with Gasteiger partial charge in [-0.1, -0.05) is 29.8 Å². The fourth-order valence-corrected chi connectivity index (χ4v) is 3.59. The number of aromatic nitrogens is 4. The lowest BCUT2D eigenvalue weighted by Crippen LogP contribution is -2.33. The van der Waals surface area contributed by atoms with Crippen LogP contribution in [0.25, 0.3) is 11.1 Å². The van der Waals surface area contributed by atoms with Crippen LogP contribution >= 0.6 is 0 Å². The fourth-order valence-electron chi connectivity index (χ4n) is 3.59. The van der Waals surface area contributed by atoms with Gasteiger partial charge in [0.2, 0.25) is 5.95 Å². The molecule has 1 saturated heterocycles. The number of aromatic amines is 1. The van der Waals surface area contributed by atoms with Gasteiger partial charge in [-0.3, -0.25) is 5.10 Å². The fraction of sp³-hybridized carbons (Fsp3) is 0.316. The molecular weight excluding hydrogens is 312 g/mol. The van der Waals surface area contributed by atoms with Crippen molar-refractivity contribution in [1.29, 1.82) is 0 Å². The first-order valence-electron chi connectivity index (χ1n) is 8.64. The van der Waals surface area contributed by atoms with Gasteiger partial charge in [0.25, 0.3) is 0 Å². The number of benzene rings is 1. The molecule has 128 valence electrons. The number of hydrogen-bond donors (Lipinski definition) is 2. The molecule has 1 fully saturated rings. The largest absolute Gasteiger partial charge is 0.368 e. The van der Waals surface area contributed by atoms with Gasteiger partial charge < -0.3 is 10.6 Å². The summed E-state index contributed by atoms with van der Waals surface area (Å²) in [6.45, 7) is 4.02. The van der Waals surface area contributed by atoms with Crippen molar-refractivity contribution in [3.8, 4) is 11.1 Å². The van der Waals surface area contributed by atoms with Crippen LogP contribution in [0.3, 0.4) is 0 Å². The molecule has 1 aromatic carbocycles. The highest BCUT2D eigenvalue weighted by atomic mass is 15.2. The van der Waals surface area contributed by atoms with Crippen LogP contribution in [-0.2, 0) is 0 Å². The zero-order valence-corrected chi connectivity index (χ0v) is 14.3. The minimum atomic E-state index is 0.329. The van der Waals surface area contributed by atoms with Crippen molar-refractivity contribution in [1.82, 2.24) is 20.2 Å². The number of rotatable bonds is 3. The molecule has 4 rings (SSSR count). The molecule has 0 aliphatic carbocycles. The van der Waals surface area contributed by atoms with Gasteiger partial charge >= 0.3 is 0 Å². The van der Waals surface area contributed by atoms with E-state index in [0.717, 1.165) is 31.7 Å². The number of nitrogen functional groups attached to an aromatic ring is 1. The van der Waals surface area contributed by atoms with E-state index in [1.54, 1.807) is 6.20 Å². The highest BCUT2D eigenvalue weighted by molar-refractivity contribution is 5.66. The Morgan fingerprint density at radius 1 is 1.20 bits per heavy atom. The van der Waals surface area contributed by atoms with Gasteiger partial charge in [-0.25, -0.2) is 4.98 Å². The van der Waals surface area contributed by atoms with Crippen LogP contribution in [0.5, 0.6) is 0 Å². The average molecular weight is 334 g/mol. The molecule has 2 aromatic heterocycles. The Kier molecular flexibility index (Phi) is 4.09. The maximum absolute atomic E-state index is 5.70. The van der Waals surface area contributed by atoms with Crippen LogP contribution < -0.4 is 10.6 Å². The highest BCUT2D eigenvalue weighted by Gasteiger charge is 2.25. The number of nitrogens with one attached hydrogen (secondary N) is 1. The minimum Gasteiger partial charge on any atom is -0.368 e. The van der Waals surface area contributed by atoms with E-state index in [1.807, 2.05) is 12.3 Å². The maximum Gasteiger partial charge on any atom is 0.221 e. The van der Waals surface area contributed by atoms with Crippen LogP contribution in [0, 0.1) is 6.92 Å². The Labute approximate surface area is 147 Å². The van der Waals surface area contributed by atoms with E-state index in [4.69, 9.17) is 5.73 Å². The van der Waals surface area contributed by atoms with Crippen molar-refractivity contribution in [2.75, 3.05) is 23.7 Å². The normalized spacial score (nSPS) is 15.5. The molecule has 0 radical (unpaired) electrons. The van der Waals surface area contributed by atoms with E-state index < -0.39 is 0 Å². The standard InChI is InChI=1S/C19H22N6/c1-13-3-2-4-15(11-13)16-12-22-24-18(16)14-6-9-25(10-7-14)17-5-8-21-19(20)23-17/h2-5,8,11-12,14H,6-7,9-10H2,1H3,(H,22,24)(H2,20,21,23). The lowest BCUT2D eigenvalue weighted by molar-refractivity contribution is 0.494. The number of nitrogens with two attached hydrogens (primary N) is 1. The van der Waals surface area contributed by atoms with Crippen LogP contribution in [0.2, 0.25) is 0 Å². The molecular formula is C19H22N6. The second-order valence-electron chi connectivity index (χ2n) is 6.60. The number of piperidine rings is 1. The van der Waals surface area contributed by atoms with Crippen LogP contribution in [0.4, 0.5) is 11.8 Å². The third kappa shape index (κ3) is 3.20. The van der Waals surface area contributed by atoms with E-state index in [-0.39, 0.29) is 0 Å². The second-order valence-corrected chi connectivity index (χ2v) is 6.60. The summed E-state index contributed by atoms with van der Waals surface area (Å²) < 4.78 is 0. The first-order valence-corrected chi connectivity index (χ1v) is 8.64. The van der Waals surface area contributed by atoms with E-state index in [1.165, 1.54) is 22.4 Å². The second kappa shape index (κ2) is 6.55. The third-order valence-corrected chi connectivity index (χ3v) is 4.88. The Hall–Kier alpha value is -2.89. The van der Waals surface area contributed by atoms with Crippen LogP contribution in [0.15, 0.2) is 42.7 Å². The monoisotopic (exact) mass is 334 g/mol. The molecule has 0 unspecified atom stereocenters. The average Bonchev–Trinajstić information content (AvgIpc) is 3.12. The van der Waals surface area contributed by atoms with E-state index in [9.17, 15) is 0 Å². The lowest BCUT2D eigenvalue weighted by Gasteiger charge is -2.32. The number of hydrogen-bond acceptors (Lipinski definition) is 5. The smallest absolute Gasteiger partial charge is 0.221 e. The minimum absolute atomic E-state index is 0.329. The van der Waals surface area contributed by atoms with Crippen molar-refractivity contribution in [3.05, 3.63) is 54.0 Å². The number of anilines is 2. The summed E-state index contributed by atoms with van der Waals surface area (Å²) in [5.74, 6) is 1.72. The molecule has 1 aliphatic rings. The van der Waals surface area contributed by atoms with Gasteiger partial charge in [-0.05, 0) is 31.4 Å². The van der Waals surface area contributed by atoms with Gasteiger partial charge in [0.05, 0.1) is 6.20 Å². The van der Waals surface area contributed by atoms with Gasteiger partial charge in [-0.15, -0.1) is 0 Å². The number of H-pyrrole nitrogens is 1. The van der Waals surface area contributed by atoms with Crippen molar-refractivity contribution in [2.45, 2.75) is 25.7 Å². The number of aryl methyl sites for hydroxylation is 1. The molecule has 6 heteroatoms. The van der Waals surface area contributed by atoms with Gasteiger partial charge in [0.1, 0.15) is 5.82 Å². The van der Waals surface area contributed by atoms with Gasteiger partial charge in [0.15, 0.2) is 0 Å². The molecule has 3 N–H and O–H groups in total. The molecule has 1 aliphatic heterocycles. The molecule has 0 amide bonds. The summed E-state index contributed by atoms with van der Waals surface area (Å²) in [4.78, 5) is 10.6. The molecule has 0 spiro atoms. The zero-order chi connectivity index (χ0) is 17.2. The maximum atomic E-state index is 5.70. The zero-order valence-electron chi connectivity index (χ0n) is 14.3. The molecule has 3 aromatic rings. The quantitative estimate of drug-likeness (QED) is 0.769. The van der Waals surface area contributed by atoms with Crippen LogP contribution in [-0.4, -0.2) is 33.3 Å². The van der Waals surface area contributed by atoms with Gasteiger partial charge in [0, 0.05) is 36.5 Å². The van der Waals surface area contributed by atoms with Crippen LogP contribution in [0.1, 0.15) is 30.0 Å². The van der Waals surface area contributed by atoms with E-state index in [0.29, 0.717) is 11.9 Å². The topological polar surface area (TPSA) is 83.7 Å². The third-order valence-electron chi connectivity index (χ3n) is 4.88. The summed E-state index contributed by atoms with van der Waals surface area (Å²) in [6.07, 6.45) is 5.78. The van der Waals surface area contributed by atoms with Gasteiger partial charge in [-0.2, -0.15) is 10.1 Å². The molecule has 25 heavy (non-hydrogen) atoms. The molecule has 0 saturated carbocycles. The van der Waals surface area contributed by atoms with E-state index in [2.05, 4.69) is 56.3 Å². The molecule has 0 bridgehead atoms. The van der Waals surface area contributed by atoms with Crippen molar-refractivity contribution in [2.24, 2.45) is 0 Å². The van der Waals surface area contributed by atoms with E-state index >= 15 is 0 Å². The summed E-state index contributed by atoms with van der Waals surface area (Å²) >= 11 is 0. The van der Waals surface area contributed by atoms with Crippen molar-refractivity contribution < 1.29 is 0 Å². The summed E-state index contributed by atoms with van der Waals surface area (Å²) in [6, 6.07) is 10.5. The Bertz CT molecular complexity index is 864. The number of nitrogens with zero attached hydrogens (tertiary/aromatic N) is 4. The first kappa shape index (κ1) is 15.6. The summed E-state index contributed by atoms with van der Waals surface area (Å²) in [5.41, 5.74) is 10.7. The molecule has 3 heterocycles. The summed E-state index contributed by atoms with van der Waals surface area (Å²) in [7, 11) is 0. The molecule has 0 atom stereocenters. The predicted octanol–water partition coefficient (Wildman–Crippen LogP) is 3.14. The highest BCUT2D eigenvalue weighted by Crippen LogP contribution is 2.34. The summed E-state index contributed by atoms with van der Waals surface area (Å²) in [5, 5.41) is 7.56. The predicted molar refractivity (Wildman–Crippen MR) is 99.4 cm³/mol. The lowest BCUT2D eigenvalue weighted by atomic mass is 9.89.